The number of halogens is 2. The molecule has 0 bridgehead atoms. The van der Waals surface area contributed by atoms with Crippen LogP contribution in [-0.4, -0.2) is 21.0 Å². The molecular weight excluding hydrogens is 277 g/mol. The second-order valence-electron chi connectivity index (χ2n) is 3.35. The molecule has 0 radical (unpaired) electrons. The van der Waals surface area contributed by atoms with E-state index in [9.17, 15) is 9.90 Å². The van der Waals surface area contributed by atoms with Gasteiger partial charge in [-0.15, -0.1) is 0 Å². The third kappa shape index (κ3) is 2.88. The van der Waals surface area contributed by atoms with Gasteiger partial charge in [0.05, 0.1) is 17.4 Å². The average Bonchev–Trinajstić information content (AvgIpc) is 2.32. The average molecular weight is 284 g/mol. The van der Waals surface area contributed by atoms with E-state index in [1.54, 1.807) is 0 Å². The number of carbonyl (C=O) groups is 1. The lowest BCUT2D eigenvalue weighted by atomic mass is 10.2. The van der Waals surface area contributed by atoms with Crippen LogP contribution in [0.5, 0.6) is 5.75 Å². The quantitative estimate of drug-likeness (QED) is 0.889. The van der Waals surface area contributed by atoms with Gasteiger partial charge in [0.25, 0.3) is 5.91 Å². The Balaban J connectivity index is 2.19. The number of hydrogen-bond acceptors (Lipinski definition) is 4. The molecule has 0 atom stereocenters. The highest BCUT2D eigenvalue weighted by Crippen LogP contribution is 2.23. The van der Waals surface area contributed by atoms with E-state index in [1.807, 2.05) is 0 Å². The number of carbonyl (C=O) groups excluding carboxylic acids is 1. The van der Waals surface area contributed by atoms with E-state index in [2.05, 4.69) is 15.3 Å². The van der Waals surface area contributed by atoms with Crippen LogP contribution in [0.2, 0.25) is 10.2 Å². The molecule has 7 heteroatoms. The van der Waals surface area contributed by atoms with Gasteiger partial charge >= 0.3 is 0 Å². The summed E-state index contributed by atoms with van der Waals surface area (Å²) < 4.78 is 0. The first-order chi connectivity index (χ1) is 8.56. The largest absolute Gasteiger partial charge is 0.506 e. The van der Waals surface area contributed by atoms with Gasteiger partial charge < -0.3 is 10.4 Å². The summed E-state index contributed by atoms with van der Waals surface area (Å²) >= 11 is 11.3. The first-order valence-electron chi connectivity index (χ1n) is 4.83. The summed E-state index contributed by atoms with van der Waals surface area (Å²) in [4.78, 5) is 19.5. The van der Waals surface area contributed by atoms with Crippen LogP contribution in [0, 0.1) is 0 Å². The molecule has 2 N–H and O–H groups in total. The molecule has 0 fully saturated rings. The summed E-state index contributed by atoms with van der Waals surface area (Å²) in [5.74, 6) is -0.277. The maximum Gasteiger partial charge on any atom is 0.256 e. The number of aromatic nitrogens is 2. The predicted molar refractivity (Wildman–Crippen MR) is 68.1 cm³/mol. The van der Waals surface area contributed by atoms with Crippen molar-refractivity contribution in [2.24, 2.45) is 0 Å². The fourth-order valence-corrected chi connectivity index (χ4v) is 1.57. The molecule has 0 aliphatic heterocycles. The van der Waals surface area contributed by atoms with Gasteiger partial charge in [0.2, 0.25) is 0 Å². The Kier molecular flexibility index (Phi) is 3.64. The first-order valence-corrected chi connectivity index (χ1v) is 5.59. The number of nitrogens with one attached hydrogen (secondary N) is 1. The van der Waals surface area contributed by atoms with Crippen molar-refractivity contribution in [1.29, 1.82) is 0 Å². The summed E-state index contributed by atoms with van der Waals surface area (Å²) in [7, 11) is 0. The van der Waals surface area contributed by atoms with E-state index in [4.69, 9.17) is 23.2 Å². The molecule has 2 aromatic rings. The Morgan fingerprint density at radius 3 is 2.72 bits per heavy atom. The lowest BCUT2D eigenvalue weighted by molar-refractivity contribution is 0.102. The SMILES string of the molecule is O=C(Nc1cncc(Cl)n1)c1ccc(O)c(Cl)c1. The molecular formula is C11H7Cl2N3O2. The normalized spacial score (nSPS) is 10.1. The molecule has 1 aromatic heterocycles. The Bertz CT molecular complexity index is 605. The Morgan fingerprint density at radius 1 is 1.28 bits per heavy atom. The molecule has 5 nitrogen and oxygen atoms in total. The van der Waals surface area contributed by atoms with Gasteiger partial charge in [0.15, 0.2) is 5.82 Å². The fourth-order valence-electron chi connectivity index (χ4n) is 1.24. The van der Waals surface area contributed by atoms with Crippen LogP contribution in [0.4, 0.5) is 5.82 Å². The molecule has 0 aliphatic carbocycles. The van der Waals surface area contributed by atoms with Crippen LogP contribution in [0.1, 0.15) is 10.4 Å². The monoisotopic (exact) mass is 283 g/mol. The molecule has 18 heavy (non-hydrogen) atoms. The van der Waals surface area contributed by atoms with E-state index in [-0.39, 0.29) is 21.7 Å². The number of benzene rings is 1. The number of hydrogen-bond donors (Lipinski definition) is 2. The van der Waals surface area contributed by atoms with E-state index in [1.165, 1.54) is 30.6 Å². The van der Waals surface area contributed by atoms with Crippen molar-refractivity contribution >= 4 is 34.9 Å². The zero-order valence-corrected chi connectivity index (χ0v) is 10.4. The van der Waals surface area contributed by atoms with Crippen molar-refractivity contribution < 1.29 is 9.90 Å². The molecule has 0 aliphatic rings. The van der Waals surface area contributed by atoms with E-state index < -0.39 is 5.91 Å². The fraction of sp³-hybridized carbons (Fsp3) is 0. The molecule has 92 valence electrons. The zero-order chi connectivity index (χ0) is 13.1. The third-order valence-electron chi connectivity index (χ3n) is 2.06. The second kappa shape index (κ2) is 5.20. The molecule has 0 spiro atoms. The van der Waals surface area contributed by atoms with Crippen LogP contribution in [0.25, 0.3) is 0 Å². The maximum absolute atomic E-state index is 11.8. The minimum absolute atomic E-state index is 0.0873. The van der Waals surface area contributed by atoms with Crippen molar-refractivity contribution in [2.45, 2.75) is 0 Å². The first kappa shape index (κ1) is 12.6. The van der Waals surface area contributed by atoms with Crippen molar-refractivity contribution in [1.82, 2.24) is 9.97 Å². The van der Waals surface area contributed by atoms with E-state index in [0.717, 1.165) is 0 Å². The molecule has 2 rings (SSSR count). The second-order valence-corrected chi connectivity index (χ2v) is 4.14. The van der Waals surface area contributed by atoms with Crippen molar-refractivity contribution in [2.75, 3.05) is 5.32 Å². The summed E-state index contributed by atoms with van der Waals surface area (Å²) in [5.41, 5.74) is 0.291. The van der Waals surface area contributed by atoms with Crippen LogP contribution >= 0.6 is 23.2 Å². The van der Waals surface area contributed by atoms with Crippen LogP contribution in [0.15, 0.2) is 30.6 Å². The molecule has 0 unspecified atom stereocenters. The van der Waals surface area contributed by atoms with Crippen molar-refractivity contribution in [3.05, 3.63) is 46.3 Å². The van der Waals surface area contributed by atoms with Gasteiger partial charge in [-0.25, -0.2) is 4.98 Å². The zero-order valence-electron chi connectivity index (χ0n) is 8.89. The Morgan fingerprint density at radius 2 is 2.06 bits per heavy atom. The van der Waals surface area contributed by atoms with Gasteiger partial charge in [-0.05, 0) is 18.2 Å². The van der Waals surface area contributed by atoms with E-state index >= 15 is 0 Å². The number of phenols is 1. The minimum atomic E-state index is -0.423. The van der Waals surface area contributed by atoms with Crippen LogP contribution in [0.3, 0.4) is 0 Å². The number of amides is 1. The smallest absolute Gasteiger partial charge is 0.256 e. The summed E-state index contributed by atoms with van der Waals surface area (Å²) in [5, 5.41) is 12.0. The number of aromatic hydroxyl groups is 1. The highest BCUT2D eigenvalue weighted by Gasteiger charge is 2.09. The molecule has 1 heterocycles. The lowest BCUT2D eigenvalue weighted by Gasteiger charge is -2.05. The van der Waals surface area contributed by atoms with Crippen molar-refractivity contribution in [3.63, 3.8) is 0 Å². The van der Waals surface area contributed by atoms with Gasteiger partial charge in [-0.2, -0.15) is 0 Å². The summed E-state index contributed by atoms with van der Waals surface area (Å²) in [6, 6.07) is 4.12. The molecule has 1 amide bonds. The number of phenolic OH excluding ortho intramolecular Hbond substituents is 1. The van der Waals surface area contributed by atoms with E-state index in [0.29, 0.717) is 5.56 Å². The van der Waals surface area contributed by atoms with Gasteiger partial charge in [0, 0.05) is 5.56 Å². The Labute approximate surface area is 112 Å². The lowest BCUT2D eigenvalue weighted by Crippen LogP contribution is -2.13. The van der Waals surface area contributed by atoms with Crippen molar-refractivity contribution in [3.8, 4) is 5.75 Å². The number of anilines is 1. The maximum atomic E-state index is 11.8. The predicted octanol–water partition coefficient (Wildman–Crippen LogP) is 2.74. The molecule has 0 saturated carbocycles. The standard InChI is InChI=1S/C11H7Cl2N3O2/c12-7-3-6(1-2-8(7)17)11(18)16-10-5-14-4-9(13)15-10/h1-5,17H,(H,15,16,18). The summed E-state index contributed by atoms with van der Waals surface area (Å²) in [6.07, 6.45) is 2.72. The molecule has 0 saturated heterocycles. The highest BCUT2D eigenvalue weighted by molar-refractivity contribution is 6.32. The van der Waals surface area contributed by atoms with Crippen LogP contribution < -0.4 is 5.32 Å². The number of rotatable bonds is 2. The summed E-state index contributed by atoms with van der Waals surface area (Å²) in [6.45, 7) is 0. The minimum Gasteiger partial charge on any atom is -0.506 e. The highest BCUT2D eigenvalue weighted by atomic mass is 35.5. The topological polar surface area (TPSA) is 75.1 Å². The van der Waals surface area contributed by atoms with Gasteiger partial charge in [0.1, 0.15) is 10.9 Å². The molecule has 1 aromatic carbocycles. The van der Waals surface area contributed by atoms with Gasteiger partial charge in [-0.3, -0.25) is 9.78 Å². The number of nitrogens with zero attached hydrogens (tertiary/aromatic N) is 2. The van der Waals surface area contributed by atoms with Gasteiger partial charge in [-0.1, -0.05) is 23.2 Å². The van der Waals surface area contributed by atoms with Crippen LogP contribution in [-0.2, 0) is 0 Å². The Hall–Kier alpha value is -1.85. The third-order valence-corrected chi connectivity index (χ3v) is 2.54.